The lowest BCUT2D eigenvalue weighted by Crippen LogP contribution is -2.15. The summed E-state index contributed by atoms with van der Waals surface area (Å²) in [6.07, 6.45) is 4.12. The van der Waals surface area contributed by atoms with Gasteiger partial charge in [-0.2, -0.15) is 0 Å². The third-order valence-electron chi connectivity index (χ3n) is 4.01. The Labute approximate surface area is 139 Å². The van der Waals surface area contributed by atoms with Crippen LogP contribution in [0.25, 0.3) is 22.4 Å². The molecule has 4 heteroatoms. The van der Waals surface area contributed by atoms with Crippen LogP contribution in [0.3, 0.4) is 0 Å². The van der Waals surface area contributed by atoms with Crippen LogP contribution >= 0.6 is 11.3 Å². The van der Waals surface area contributed by atoms with Gasteiger partial charge in [0.25, 0.3) is 0 Å². The molecule has 0 bridgehead atoms. The van der Waals surface area contributed by atoms with Gasteiger partial charge in [-0.05, 0) is 60.9 Å². The van der Waals surface area contributed by atoms with Gasteiger partial charge in [-0.3, -0.25) is 0 Å². The fourth-order valence-electron chi connectivity index (χ4n) is 2.60. The average Bonchev–Trinajstić information content (AvgIpc) is 2.95. The predicted molar refractivity (Wildman–Crippen MR) is 95.5 cm³/mol. The minimum atomic E-state index is 0.608. The lowest BCUT2D eigenvalue weighted by Gasteiger charge is -2.18. The van der Waals surface area contributed by atoms with Gasteiger partial charge in [0.2, 0.25) is 0 Å². The van der Waals surface area contributed by atoms with Gasteiger partial charge in [-0.25, -0.2) is 4.98 Å². The van der Waals surface area contributed by atoms with Crippen LogP contribution in [0.2, 0.25) is 0 Å². The van der Waals surface area contributed by atoms with Crippen molar-refractivity contribution in [3.8, 4) is 11.5 Å². The van der Waals surface area contributed by atoms with Crippen LogP contribution in [0.1, 0.15) is 21.7 Å². The van der Waals surface area contributed by atoms with Gasteiger partial charge in [-0.1, -0.05) is 12.1 Å². The molecule has 23 heavy (non-hydrogen) atoms. The highest BCUT2D eigenvalue weighted by molar-refractivity contribution is 7.19. The molecular formula is C19H17NO2S. The quantitative estimate of drug-likeness (QED) is 0.675. The summed E-state index contributed by atoms with van der Waals surface area (Å²) >= 11 is 1.71. The maximum Gasteiger partial charge on any atom is 0.161 e. The first-order chi connectivity index (χ1) is 11.2. The van der Waals surface area contributed by atoms with Gasteiger partial charge < -0.3 is 9.47 Å². The zero-order valence-corrected chi connectivity index (χ0v) is 13.9. The van der Waals surface area contributed by atoms with E-state index >= 15 is 0 Å². The molecule has 0 saturated heterocycles. The predicted octanol–water partition coefficient (Wildman–Crippen LogP) is 4.85. The smallest absolute Gasteiger partial charge is 0.161 e. The fraction of sp³-hybridized carbons (Fsp3) is 0.211. The molecule has 3 aromatic rings. The van der Waals surface area contributed by atoms with Gasteiger partial charge in [0.15, 0.2) is 11.5 Å². The molecule has 0 radical (unpaired) electrons. The van der Waals surface area contributed by atoms with Crippen molar-refractivity contribution in [3.05, 3.63) is 52.0 Å². The highest BCUT2D eigenvalue weighted by Gasteiger charge is 2.10. The maximum atomic E-state index is 5.62. The summed E-state index contributed by atoms with van der Waals surface area (Å²) in [6, 6.07) is 10.4. The SMILES string of the molecule is Cc1cc2nc(/C=C/c3ccc4c(c3)OCCO4)sc2cc1C. The molecular weight excluding hydrogens is 306 g/mol. The average molecular weight is 323 g/mol. The Bertz CT molecular complexity index is 872. The summed E-state index contributed by atoms with van der Waals surface area (Å²) < 4.78 is 12.4. The van der Waals surface area contributed by atoms with Gasteiger partial charge in [0.05, 0.1) is 10.2 Å². The highest BCUT2D eigenvalue weighted by Crippen LogP contribution is 2.32. The van der Waals surface area contributed by atoms with Crippen molar-refractivity contribution in [2.75, 3.05) is 13.2 Å². The number of benzene rings is 2. The van der Waals surface area contributed by atoms with Crippen molar-refractivity contribution in [2.24, 2.45) is 0 Å². The molecule has 0 unspecified atom stereocenters. The molecule has 0 saturated carbocycles. The number of hydrogen-bond acceptors (Lipinski definition) is 4. The second kappa shape index (κ2) is 5.70. The molecule has 0 spiro atoms. The molecule has 0 aliphatic carbocycles. The summed E-state index contributed by atoms with van der Waals surface area (Å²) in [5, 5.41) is 1.01. The largest absolute Gasteiger partial charge is 0.486 e. The van der Waals surface area contributed by atoms with Crippen LogP contribution in [-0.4, -0.2) is 18.2 Å². The Morgan fingerprint density at radius 2 is 1.74 bits per heavy atom. The highest BCUT2D eigenvalue weighted by atomic mass is 32.1. The van der Waals surface area contributed by atoms with E-state index in [4.69, 9.17) is 14.5 Å². The molecule has 1 aliphatic rings. The van der Waals surface area contributed by atoms with E-state index in [9.17, 15) is 0 Å². The van der Waals surface area contributed by atoms with Crippen molar-refractivity contribution in [2.45, 2.75) is 13.8 Å². The first-order valence-electron chi connectivity index (χ1n) is 7.64. The molecule has 3 nitrogen and oxygen atoms in total. The summed E-state index contributed by atoms with van der Waals surface area (Å²) in [5.41, 5.74) is 4.74. The van der Waals surface area contributed by atoms with Crippen molar-refractivity contribution in [3.63, 3.8) is 0 Å². The lowest BCUT2D eigenvalue weighted by atomic mass is 10.1. The van der Waals surface area contributed by atoms with Crippen LogP contribution in [0.15, 0.2) is 30.3 Å². The first kappa shape index (κ1) is 14.3. The first-order valence-corrected chi connectivity index (χ1v) is 8.46. The monoisotopic (exact) mass is 323 g/mol. The van der Waals surface area contributed by atoms with Crippen molar-refractivity contribution in [1.82, 2.24) is 4.98 Å². The van der Waals surface area contributed by atoms with Crippen molar-refractivity contribution >= 4 is 33.7 Å². The Morgan fingerprint density at radius 3 is 2.61 bits per heavy atom. The fourth-order valence-corrected chi connectivity index (χ4v) is 3.55. The van der Waals surface area contributed by atoms with Crippen molar-refractivity contribution < 1.29 is 9.47 Å². The van der Waals surface area contributed by atoms with Gasteiger partial charge >= 0.3 is 0 Å². The zero-order chi connectivity index (χ0) is 15.8. The zero-order valence-electron chi connectivity index (χ0n) is 13.1. The number of hydrogen-bond donors (Lipinski definition) is 0. The Kier molecular flexibility index (Phi) is 3.54. The maximum absolute atomic E-state index is 5.62. The molecule has 1 aromatic heterocycles. The Morgan fingerprint density at radius 1 is 0.957 bits per heavy atom. The van der Waals surface area contributed by atoms with E-state index in [1.54, 1.807) is 11.3 Å². The van der Waals surface area contributed by atoms with E-state index in [0.29, 0.717) is 13.2 Å². The molecule has 0 N–H and O–H groups in total. The van der Waals surface area contributed by atoms with E-state index in [1.807, 2.05) is 18.2 Å². The second-order valence-electron chi connectivity index (χ2n) is 5.69. The van der Waals surface area contributed by atoms with E-state index in [2.05, 4.69) is 38.1 Å². The van der Waals surface area contributed by atoms with Crippen LogP contribution in [-0.2, 0) is 0 Å². The van der Waals surface area contributed by atoms with Gasteiger partial charge in [-0.15, -0.1) is 11.3 Å². The third kappa shape index (κ3) is 2.82. The summed E-state index contributed by atoms with van der Waals surface area (Å²) in [7, 11) is 0. The van der Waals surface area contributed by atoms with Crippen LogP contribution in [0.4, 0.5) is 0 Å². The molecule has 2 heterocycles. The molecule has 4 rings (SSSR count). The van der Waals surface area contributed by atoms with Crippen LogP contribution in [0, 0.1) is 13.8 Å². The van der Waals surface area contributed by atoms with E-state index in [0.717, 1.165) is 27.6 Å². The summed E-state index contributed by atoms with van der Waals surface area (Å²) in [4.78, 5) is 4.69. The molecule has 0 fully saturated rings. The van der Waals surface area contributed by atoms with Gasteiger partial charge in [0.1, 0.15) is 18.2 Å². The lowest BCUT2D eigenvalue weighted by molar-refractivity contribution is 0.171. The number of aryl methyl sites for hydroxylation is 2. The van der Waals surface area contributed by atoms with E-state index in [1.165, 1.54) is 15.8 Å². The summed E-state index contributed by atoms with van der Waals surface area (Å²) in [5.74, 6) is 1.63. The van der Waals surface area contributed by atoms with E-state index < -0.39 is 0 Å². The minimum Gasteiger partial charge on any atom is -0.486 e. The topological polar surface area (TPSA) is 31.4 Å². The standard InChI is InChI=1S/C19H17NO2S/c1-12-9-15-18(10-13(12)2)23-19(20-15)6-4-14-3-5-16-17(11-14)22-8-7-21-16/h3-6,9-11H,7-8H2,1-2H3/b6-4+. The molecule has 1 aliphatic heterocycles. The molecule has 0 atom stereocenters. The third-order valence-corrected chi connectivity index (χ3v) is 4.99. The van der Waals surface area contributed by atoms with E-state index in [-0.39, 0.29) is 0 Å². The van der Waals surface area contributed by atoms with Crippen molar-refractivity contribution in [1.29, 1.82) is 0 Å². The number of nitrogens with zero attached hydrogens (tertiary/aromatic N) is 1. The van der Waals surface area contributed by atoms with Crippen LogP contribution in [0.5, 0.6) is 11.5 Å². The van der Waals surface area contributed by atoms with Gasteiger partial charge in [0, 0.05) is 0 Å². The number of fused-ring (bicyclic) bond motifs is 2. The Hall–Kier alpha value is -2.33. The Balaban J connectivity index is 1.63. The minimum absolute atomic E-state index is 0.608. The molecule has 116 valence electrons. The summed E-state index contributed by atoms with van der Waals surface area (Å²) in [6.45, 7) is 5.49. The number of ether oxygens (including phenoxy) is 2. The number of thiazole rings is 1. The normalized spacial score (nSPS) is 13.8. The van der Waals surface area contributed by atoms with Crippen LogP contribution < -0.4 is 9.47 Å². The second-order valence-corrected chi connectivity index (χ2v) is 6.75. The molecule has 0 amide bonds. The molecule has 2 aromatic carbocycles. The number of aromatic nitrogens is 1. The number of rotatable bonds is 2.